The Kier molecular flexibility index (Phi) is 6.36. The van der Waals surface area contributed by atoms with Crippen molar-refractivity contribution >= 4 is 34.0 Å². The van der Waals surface area contributed by atoms with Gasteiger partial charge in [-0.2, -0.15) is 0 Å². The van der Waals surface area contributed by atoms with Crippen molar-refractivity contribution in [2.24, 2.45) is 5.92 Å². The summed E-state index contributed by atoms with van der Waals surface area (Å²) in [6.07, 6.45) is 0.836. The van der Waals surface area contributed by atoms with Crippen molar-refractivity contribution in [2.45, 2.75) is 19.8 Å². The number of anilines is 2. The maximum atomic E-state index is 12.5. The van der Waals surface area contributed by atoms with E-state index in [1.165, 1.54) is 11.3 Å². The molecular formula is C18H22N4O4S. The molecule has 2 heterocycles. The summed E-state index contributed by atoms with van der Waals surface area (Å²) < 4.78 is 10.4. The normalized spacial score (nSPS) is 16.6. The zero-order valence-electron chi connectivity index (χ0n) is 15.3. The van der Waals surface area contributed by atoms with E-state index >= 15 is 0 Å². The Hall–Kier alpha value is -2.52. The van der Waals surface area contributed by atoms with E-state index in [0.717, 1.165) is 16.4 Å². The zero-order chi connectivity index (χ0) is 19.2. The molecule has 2 aromatic rings. The molecule has 0 aliphatic carbocycles. The van der Waals surface area contributed by atoms with Gasteiger partial charge in [-0.1, -0.05) is 11.3 Å². The molecule has 27 heavy (non-hydrogen) atoms. The van der Waals surface area contributed by atoms with Crippen LogP contribution in [0.5, 0.6) is 5.75 Å². The number of hydrogen-bond acceptors (Lipinski definition) is 7. The van der Waals surface area contributed by atoms with Crippen LogP contribution in [0, 0.1) is 5.92 Å². The molecular weight excluding hydrogens is 368 g/mol. The van der Waals surface area contributed by atoms with Crippen LogP contribution in [0.25, 0.3) is 0 Å². The molecule has 1 aliphatic rings. The Labute approximate surface area is 161 Å². The minimum atomic E-state index is -0.421. The van der Waals surface area contributed by atoms with E-state index in [4.69, 9.17) is 9.47 Å². The minimum Gasteiger partial charge on any atom is -0.497 e. The lowest BCUT2D eigenvalue weighted by atomic mass is 10.1. The predicted molar refractivity (Wildman–Crippen MR) is 102 cm³/mol. The van der Waals surface area contributed by atoms with E-state index in [1.54, 1.807) is 24.1 Å². The highest BCUT2D eigenvalue weighted by molar-refractivity contribution is 7.15. The van der Waals surface area contributed by atoms with Crippen LogP contribution in [-0.4, -0.2) is 48.9 Å². The predicted octanol–water partition coefficient (Wildman–Crippen LogP) is 2.12. The molecule has 1 atom stereocenters. The number of ether oxygens (including phenoxy) is 2. The van der Waals surface area contributed by atoms with Crippen LogP contribution in [0.3, 0.4) is 0 Å². The summed E-state index contributed by atoms with van der Waals surface area (Å²) in [6.45, 7) is 3.51. The molecule has 0 saturated carbocycles. The van der Waals surface area contributed by atoms with Crippen molar-refractivity contribution < 1.29 is 19.1 Å². The van der Waals surface area contributed by atoms with Gasteiger partial charge in [0.2, 0.25) is 16.9 Å². The highest BCUT2D eigenvalue weighted by atomic mass is 32.1. The largest absolute Gasteiger partial charge is 0.497 e. The Balaban J connectivity index is 1.57. The summed E-state index contributed by atoms with van der Waals surface area (Å²) in [5, 5.41) is 12.1. The van der Waals surface area contributed by atoms with Crippen LogP contribution >= 0.6 is 11.3 Å². The van der Waals surface area contributed by atoms with Crippen molar-refractivity contribution in [2.75, 3.05) is 37.1 Å². The van der Waals surface area contributed by atoms with E-state index in [-0.39, 0.29) is 18.2 Å². The molecule has 2 amide bonds. The fourth-order valence-corrected chi connectivity index (χ4v) is 3.53. The molecule has 0 radical (unpaired) electrons. The second kappa shape index (κ2) is 8.92. The van der Waals surface area contributed by atoms with Crippen LogP contribution in [0.15, 0.2) is 24.3 Å². The molecule has 0 bridgehead atoms. The van der Waals surface area contributed by atoms with Crippen LogP contribution in [0.1, 0.15) is 18.4 Å². The van der Waals surface area contributed by atoms with Gasteiger partial charge >= 0.3 is 0 Å². The molecule has 0 spiro atoms. The van der Waals surface area contributed by atoms with Crippen LogP contribution < -0.4 is 15.0 Å². The highest BCUT2D eigenvalue weighted by Crippen LogP contribution is 2.28. The van der Waals surface area contributed by atoms with Gasteiger partial charge in [0.1, 0.15) is 10.8 Å². The van der Waals surface area contributed by atoms with E-state index in [1.807, 2.05) is 19.1 Å². The standard InChI is InChI=1S/C18H22N4O4S/c1-3-26-9-8-15-20-21-18(27-15)19-17(24)12-10-16(23)22(11-12)13-4-6-14(25-2)7-5-13/h4-7,12H,3,8-11H2,1-2H3,(H,19,21,24)/t12-/m1/s1. The number of rotatable bonds is 8. The van der Waals surface area contributed by atoms with Crippen molar-refractivity contribution in [3.63, 3.8) is 0 Å². The number of amides is 2. The quantitative estimate of drug-likeness (QED) is 0.694. The number of nitrogens with zero attached hydrogens (tertiary/aromatic N) is 3. The second-order valence-electron chi connectivity index (χ2n) is 6.04. The number of hydrogen-bond donors (Lipinski definition) is 1. The Morgan fingerprint density at radius 1 is 1.33 bits per heavy atom. The molecule has 1 N–H and O–H groups in total. The zero-order valence-corrected chi connectivity index (χ0v) is 16.1. The molecule has 1 aliphatic heterocycles. The average Bonchev–Trinajstić information content (AvgIpc) is 3.28. The van der Waals surface area contributed by atoms with E-state index in [9.17, 15) is 9.59 Å². The summed E-state index contributed by atoms with van der Waals surface area (Å²) >= 11 is 1.33. The monoisotopic (exact) mass is 390 g/mol. The van der Waals surface area contributed by atoms with Crippen molar-refractivity contribution in [1.29, 1.82) is 0 Å². The fourth-order valence-electron chi connectivity index (χ4n) is 2.81. The summed E-state index contributed by atoms with van der Waals surface area (Å²) in [5.41, 5.74) is 0.755. The second-order valence-corrected chi connectivity index (χ2v) is 7.10. The number of carbonyl (C=O) groups is 2. The minimum absolute atomic E-state index is 0.0741. The third kappa shape index (κ3) is 4.81. The van der Waals surface area contributed by atoms with Gasteiger partial charge in [-0.15, -0.1) is 10.2 Å². The third-order valence-corrected chi connectivity index (χ3v) is 5.14. The molecule has 144 valence electrons. The molecule has 1 aromatic carbocycles. The molecule has 1 fully saturated rings. The maximum Gasteiger partial charge on any atom is 0.231 e. The Morgan fingerprint density at radius 3 is 2.81 bits per heavy atom. The SMILES string of the molecule is CCOCCc1nnc(NC(=O)[C@@H]2CC(=O)N(c3ccc(OC)cc3)C2)s1. The molecule has 8 nitrogen and oxygen atoms in total. The first-order valence-electron chi connectivity index (χ1n) is 8.76. The van der Waals surface area contributed by atoms with Crippen molar-refractivity contribution in [1.82, 2.24) is 10.2 Å². The number of benzene rings is 1. The van der Waals surface area contributed by atoms with Crippen molar-refractivity contribution in [3.05, 3.63) is 29.3 Å². The van der Waals surface area contributed by atoms with E-state index in [0.29, 0.717) is 31.3 Å². The topological polar surface area (TPSA) is 93.7 Å². The van der Waals surface area contributed by atoms with E-state index in [2.05, 4.69) is 15.5 Å². The number of methoxy groups -OCH3 is 1. The van der Waals surface area contributed by atoms with Gasteiger partial charge < -0.3 is 19.7 Å². The van der Waals surface area contributed by atoms with Gasteiger partial charge in [-0.05, 0) is 31.2 Å². The first-order chi connectivity index (χ1) is 13.1. The summed E-state index contributed by atoms with van der Waals surface area (Å²) in [5.74, 6) is 0.00771. The molecule has 9 heteroatoms. The third-order valence-electron chi connectivity index (χ3n) is 4.24. The lowest BCUT2D eigenvalue weighted by Gasteiger charge is -2.16. The van der Waals surface area contributed by atoms with Crippen LogP contribution in [-0.2, 0) is 20.7 Å². The Bertz CT molecular complexity index is 793. The van der Waals surface area contributed by atoms with Gasteiger partial charge in [0.25, 0.3) is 0 Å². The van der Waals surface area contributed by atoms with Gasteiger partial charge in [0.05, 0.1) is 19.6 Å². The number of carbonyl (C=O) groups excluding carboxylic acids is 2. The lowest BCUT2D eigenvalue weighted by molar-refractivity contribution is -0.122. The van der Waals surface area contributed by atoms with Crippen molar-refractivity contribution in [3.8, 4) is 5.75 Å². The summed E-state index contributed by atoms with van der Waals surface area (Å²) in [4.78, 5) is 26.5. The van der Waals surface area contributed by atoms with Crippen LogP contribution in [0.4, 0.5) is 10.8 Å². The van der Waals surface area contributed by atoms with E-state index < -0.39 is 5.92 Å². The average molecular weight is 390 g/mol. The van der Waals surface area contributed by atoms with Gasteiger partial charge in [0.15, 0.2) is 0 Å². The van der Waals surface area contributed by atoms with Crippen LogP contribution in [0.2, 0.25) is 0 Å². The molecule has 0 unspecified atom stereocenters. The number of aromatic nitrogens is 2. The summed E-state index contributed by atoms with van der Waals surface area (Å²) in [7, 11) is 1.59. The smallest absolute Gasteiger partial charge is 0.231 e. The lowest BCUT2D eigenvalue weighted by Crippen LogP contribution is -2.28. The number of nitrogens with one attached hydrogen (secondary N) is 1. The first kappa shape index (κ1) is 19.2. The first-order valence-corrected chi connectivity index (χ1v) is 9.57. The Morgan fingerprint density at radius 2 is 2.11 bits per heavy atom. The maximum absolute atomic E-state index is 12.5. The fraction of sp³-hybridized carbons (Fsp3) is 0.444. The van der Waals surface area contributed by atoms with Gasteiger partial charge in [-0.3, -0.25) is 9.59 Å². The molecule has 3 rings (SSSR count). The molecule has 1 saturated heterocycles. The summed E-state index contributed by atoms with van der Waals surface area (Å²) in [6, 6.07) is 7.21. The highest BCUT2D eigenvalue weighted by Gasteiger charge is 2.35. The van der Waals surface area contributed by atoms with Gasteiger partial charge in [0, 0.05) is 31.7 Å². The molecule has 1 aromatic heterocycles. The van der Waals surface area contributed by atoms with Gasteiger partial charge in [-0.25, -0.2) is 0 Å².